The molecular formula is C18H23FN2. The monoisotopic (exact) mass is 286 g/mol. The van der Waals surface area contributed by atoms with E-state index in [1.165, 1.54) is 11.1 Å². The molecule has 21 heavy (non-hydrogen) atoms. The van der Waals surface area contributed by atoms with Crippen molar-refractivity contribution in [3.8, 4) is 0 Å². The van der Waals surface area contributed by atoms with E-state index in [1.54, 1.807) is 6.07 Å². The molecule has 0 heterocycles. The normalized spacial score (nSPS) is 10.7. The number of aryl methyl sites for hydroxylation is 1. The summed E-state index contributed by atoms with van der Waals surface area (Å²) in [4.78, 5) is 1.95. The summed E-state index contributed by atoms with van der Waals surface area (Å²) in [6.07, 6.45) is 0. The van der Waals surface area contributed by atoms with E-state index in [-0.39, 0.29) is 5.82 Å². The first-order valence-corrected chi connectivity index (χ1v) is 7.36. The molecule has 2 nitrogen and oxygen atoms in total. The van der Waals surface area contributed by atoms with Gasteiger partial charge in [-0.3, -0.25) is 0 Å². The van der Waals surface area contributed by atoms with Gasteiger partial charge in [-0.2, -0.15) is 0 Å². The van der Waals surface area contributed by atoms with Gasteiger partial charge >= 0.3 is 0 Å². The van der Waals surface area contributed by atoms with E-state index in [1.807, 2.05) is 43.1 Å². The van der Waals surface area contributed by atoms with Gasteiger partial charge in [0, 0.05) is 20.1 Å². The minimum atomic E-state index is -0.165. The predicted molar refractivity (Wildman–Crippen MR) is 87.1 cm³/mol. The van der Waals surface area contributed by atoms with Crippen molar-refractivity contribution in [3.05, 3.63) is 65.0 Å². The van der Waals surface area contributed by atoms with Crippen LogP contribution in [-0.2, 0) is 13.1 Å². The third kappa shape index (κ3) is 4.05. The fraction of sp³-hybridized carbons (Fsp3) is 0.333. The Bertz CT molecular complexity index is 596. The van der Waals surface area contributed by atoms with Crippen LogP contribution >= 0.6 is 0 Å². The summed E-state index contributed by atoms with van der Waals surface area (Å²) in [5.74, 6) is -0.165. The molecule has 3 heteroatoms. The van der Waals surface area contributed by atoms with E-state index in [0.29, 0.717) is 18.8 Å². The molecule has 0 aromatic heterocycles. The first kappa shape index (κ1) is 15.5. The summed E-state index contributed by atoms with van der Waals surface area (Å²) < 4.78 is 14.3. The van der Waals surface area contributed by atoms with Crippen molar-refractivity contribution < 1.29 is 4.39 Å². The van der Waals surface area contributed by atoms with Gasteiger partial charge in [-0.15, -0.1) is 0 Å². The highest BCUT2D eigenvalue weighted by Crippen LogP contribution is 2.22. The molecule has 0 radical (unpaired) electrons. The highest BCUT2D eigenvalue weighted by atomic mass is 19.1. The fourth-order valence-corrected chi connectivity index (χ4v) is 2.37. The van der Waals surface area contributed by atoms with Crippen LogP contribution in [0.2, 0.25) is 0 Å². The summed E-state index contributed by atoms with van der Waals surface area (Å²) in [6, 6.07) is 13.7. The quantitative estimate of drug-likeness (QED) is 0.867. The van der Waals surface area contributed by atoms with E-state index in [2.05, 4.69) is 24.4 Å². The Labute approximate surface area is 126 Å². The van der Waals surface area contributed by atoms with Crippen molar-refractivity contribution >= 4 is 5.69 Å². The minimum absolute atomic E-state index is 0.165. The molecule has 0 amide bonds. The number of rotatable bonds is 6. The van der Waals surface area contributed by atoms with E-state index in [9.17, 15) is 4.39 Å². The summed E-state index contributed by atoms with van der Waals surface area (Å²) in [6.45, 7) is 6.42. The van der Waals surface area contributed by atoms with Crippen LogP contribution in [0.5, 0.6) is 0 Å². The summed E-state index contributed by atoms with van der Waals surface area (Å²) >= 11 is 0. The summed E-state index contributed by atoms with van der Waals surface area (Å²) in [5.41, 5.74) is 4.06. The van der Waals surface area contributed by atoms with Crippen molar-refractivity contribution in [3.63, 3.8) is 0 Å². The maximum atomic E-state index is 14.3. The third-order valence-corrected chi connectivity index (χ3v) is 3.67. The lowest BCUT2D eigenvalue weighted by Crippen LogP contribution is -2.19. The fourth-order valence-electron chi connectivity index (χ4n) is 2.37. The Hall–Kier alpha value is -1.87. The van der Waals surface area contributed by atoms with Gasteiger partial charge in [0.2, 0.25) is 0 Å². The molecule has 2 aromatic rings. The standard InChI is InChI=1S/C18H23FN2/c1-4-20-12-15-9-10-18(17(19)11-15)21(3)13-16-8-6-5-7-14(16)2/h5-11,20H,4,12-13H2,1-3H3. The second kappa shape index (κ2) is 7.23. The van der Waals surface area contributed by atoms with Gasteiger partial charge in [0.05, 0.1) is 5.69 Å². The largest absolute Gasteiger partial charge is 0.368 e. The first-order valence-electron chi connectivity index (χ1n) is 7.36. The predicted octanol–water partition coefficient (Wildman–Crippen LogP) is 3.88. The molecule has 0 spiro atoms. The number of hydrogen-bond donors (Lipinski definition) is 1. The van der Waals surface area contributed by atoms with E-state index in [4.69, 9.17) is 0 Å². The highest BCUT2D eigenvalue weighted by molar-refractivity contribution is 5.49. The zero-order valence-electron chi connectivity index (χ0n) is 13.0. The van der Waals surface area contributed by atoms with Crippen LogP contribution in [0.4, 0.5) is 10.1 Å². The van der Waals surface area contributed by atoms with Gasteiger partial charge in [0.25, 0.3) is 0 Å². The number of nitrogens with zero attached hydrogens (tertiary/aromatic N) is 1. The topological polar surface area (TPSA) is 15.3 Å². The molecule has 0 aliphatic carbocycles. The number of nitrogens with one attached hydrogen (secondary N) is 1. The molecule has 0 saturated carbocycles. The van der Waals surface area contributed by atoms with E-state index in [0.717, 1.165) is 12.1 Å². The van der Waals surface area contributed by atoms with Crippen LogP contribution in [0.1, 0.15) is 23.6 Å². The number of halogens is 1. The van der Waals surface area contributed by atoms with Crippen molar-refractivity contribution in [1.82, 2.24) is 5.32 Å². The van der Waals surface area contributed by atoms with Gasteiger partial charge in [-0.25, -0.2) is 4.39 Å². The van der Waals surface area contributed by atoms with Gasteiger partial charge in [-0.05, 0) is 42.3 Å². The van der Waals surface area contributed by atoms with Gasteiger partial charge in [0.1, 0.15) is 5.82 Å². The Morgan fingerprint density at radius 2 is 1.90 bits per heavy atom. The first-order chi connectivity index (χ1) is 10.1. The summed E-state index contributed by atoms with van der Waals surface area (Å²) in [7, 11) is 1.93. The van der Waals surface area contributed by atoms with Gasteiger partial charge < -0.3 is 10.2 Å². The van der Waals surface area contributed by atoms with E-state index < -0.39 is 0 Å². The molecule has 112 valence electrons. The number of benzene rings is 2. The lowest BCUT2D eigenvalue weighted by atomic mass is 10.1. The molecular weight excluding hydrogens is 263 g/mol. The zero-order valence-corrected chi connectivity index (χ0v) is 13.0. The van der Waals surface area contributed by atoms with Crippen molar-refractivity contribution in [2.75, 3.05) is 18.5 Å². The number of hydrogen-bond acceptors (Lipinski definition) is 2. The zero-order chi connectivity index (χ0) is 15.2. The van der Waals surface area contributed by atoms with Gasteiger partial charge in [-0.1, -0.05) is 37.3 Å². The molecule has 2 rings (SSSR count). The van der Waals surface area contributed by atoms with Crippen molar-refractivity contribution in [2.24, 2.45) is 0 Å². The molecule has 0 atom stereocenters. The van der Waals surface area contributed by atoms with Crippen molar-refractivity contribution in [2.45, 2.75) is 26.9 Å². The Morgan fingerprint density at radius 3 is 2.57 bits per heavy atom. The highest BCUT2D eigenvalue weighted by Gasteiger charge is 2.10. The van der Waals surface area contributed by atoms with Crippen molar-refractivity contribution in [1.29, 1.82) is 0 Å². The maximum absolute atomic E-state index is 14.3. The number of anilines is 1. The van der Waals surface area contributed by atoms with Crippen LogP contribution in [-0.4, -0.2) is 13.6 Å². The van der Waals surface area contributed by atoms with Crippen LogP contribution in [0.15, 0.2) is 42.5 Å². The molecule has 2 aromatic carbocycles. The second-order valence-electron chi connectivity index (χ2n) is 5.35. The molecule has 0 aliphatic heterocycles. The summed E-state index contributed by atoms with van der Waals surface area (Å²) in [5, 5.41) is 3.21. The maximum Gasteiger partial charge on any atom is 0.146 e. The molecule has 1 N–H and O–H groups in total. The Morgan fingerprint density at radius 1 is 1.14 bits per heavy atom. The lowest BCUT2D eigenvalue weighted by molar-refractivity contribution is 0.616. The van der Waals surface area contributed by atoms with Crippen LogP contribution < -0.4 is 10.2 Å². The lowest BCUT2D eigenvalue weighted by Gasteiger charge is -2.21. The second-order valence-corrected chi connectivity index (χ2v) is 5.35. The minimum Gasteiger partial charge on any atom is -0.368 e. The molecule has 0 bridgehead atoms. The molecule has 0 aliphatic rings. The molecule has 0 unspecified atom stereocenters. The van der Waals surface area contributed by atoms with Crippen LogP contribution in [0.25, 0.3) is 0 Å². The van der Waals surface area contributed by atoms with Gasteiger partial charge in [0.15, 0.2) is 0 Å². The average molecular weight is 286 g/mol. The third-order valence-electron chi connectivity index (χ3n) is 3.67. The Balaban J connectivity index is 2.12. The SMILES string of the molecule is CCNCc1ccc(N(C)Cc2ccccc2C)c(F)c1. The van der Waals surface area contributed by atoms with Crippen LogP contribution in [0.3, 0.4) is 0 Å². The van der Waals surface area contributed by atoms with E-state index >= 15 is 0 Å². The molecule has 0 fully saturated rings. The van der Waals surface area contributed by atoms with Crippen LogP contribution in [0, 0.1) is 12.7 Å². The Kier molecular flexibility index (Phi) is 5.34. The smallest absolute Gasteiger partial charge is 0.146 e. The average Bonchev–Trinajstić information content (AvgIpc) is 2.47. The molecule has 0 saturated heterocycles.